The molecule has 0 radical (unpaired) electrons. The summed E-state index contributed by atoms with van der Waals surface area (Å²) in [5.74, 6) is -4.27. The van der Waals surface area contributed by atoms with Gasteiger partial charge >= 0.3 is 5.79 Å². The molecule has 7 bridgehead atoms. The van der Waals surface area contributed by atoms with Gasteiger partial charge in [0.2, 0.25) is 0 Å². The van der Waals surface area contributed by atoms with Gasteiger partial charge in [0.05, 0.1) is 64.7 Å². The van der Waals surface area contributed by atoms with E-state index in [0.29, 0.717) is 13.1 Å². The Hall–Kier alpha value is -4.34. The molecule has 9 rings (SSSR count). The molecule has 7 aliphatic rings. The number of phenols is 3. The van der Waals surface area contributed by atoms with Crippen LogP contribution in [-0.2, 0) is 18.9 Å². The number of hydrazone groups is 1. The largest absolute Gasteiger partial charge is 0.507 e. The number of piperazine rings is 1. The number of rotatable bonds is 4. The molecule has 318 valence electrons. The highest BCUT2D eigenvalue weighted by molar-refractivity contribution is 6.22. The minimum Gasteiger partial charge on any atom is -0.507 e. The number of phenolic OH excluding ortho intramolecular Hbond substituents is 3. The lowest BCUT2D eigenvalue weighted by Gasteiger charge is -2.54. The summed E-state index contributed by atoms with van der Waals surface area (Å²) >= 11 is 0. The number of hydrogen-bond donors (Lipinski definition) is 5. The van der Waals surface area contributed by atoms with Crippen molar-refractivity contribution < 1.29 is 48.9 Å². The first kappa shape index (κ1) is 43.2. The highest BCUT2D eigenvalue weighted by Gasteiger charge is 2.53. The van der Waals surface area contributed by atoms with Gasteiger partial charge in [-0.3, -0.25) is 9.80 Å². The van der Waals surface area contributed by atoms with Gasteiger partial charge in [0.15, 0.2) is 5.75 Å². The predicted octanol–water partition coefficient (Wildman–Crippen LogP) is 5.69. The number of ether oxygens (including phenoxy) is 5. The van der Waals surface area contributed by atoms with Crippen molar-refractivity contribution in [2.45, 2.75) is 91.2 Å². The molecule has 10 unspecified atom stereocenters. The molecule has 10 atom stereocenters. The van der Waals surface area contributed by atoms with Crippen molar-refractivity contribution in [3.05, 3.63) is 52.8 Å². The van der Waals surface area contributed by atoms with E-state index in [2.05, 4.69) is 22.2 Å². The van der Waals surface area contributed by atoms with Crippen LogP contribution in [0.3, 0.4) is 0 Å². The number of benzene rings is 2. The maximum atomic E-state index is 14.5. The van der Waals surface area contributed by atoms with Crippen LogP contribution in [0.15, 0.2) is 41.2 Å². The lowest BCUT2D eigenvalue weighted by molar-refractivity contribution is -0.251. The van der Waals surface area contributed by atoms with Gasteiger partial charge in [-0.15, -0.1) is 0 Å². The zero-order chi connectivity index (χ0) is 42.4. The molecule has 7 heterocycles. The van der Waals surface area contributed by atoms with Crippen molar-refractivity contribution in [2.75, 3.05) is 59.3 Å². The normalized spacial score (nSPS) is 33.8. The Kier molecular flexibility index (Phi) is 12.5. The number of carbonyl (C=O) groups is 1. The second kappa shape index (κ2) is 16.7. The number of aromatic hydroxyl groups is 3. The molecule has 14 nitrogen and oxygen atoms in total. The lowest BCUT2D eigenvalue weighted by atomic mass is 9.70. The van der Waals surface area contributed by atoms with E-state index in [1.54, 1.807) is 27.2 Å². The van der Waals surface area contributed by atoms with Crippen molar-refractivity contribution in [1.29, 1.82) is 0 Å². The van der Waals surface area contributed by atoms with Crippen LogP contribution in [0.2, 0.25) is 0 Å². The Labute approximate surface area is 341 Å². The van der Waals surface area contributed by atoms with Crippen LogP contribution in [0.4, 0.5) is 5.69 Å². The lowest BCUT2D eigenvalue weighted by Crippen LogP contribution is -2.60. The van der Waals surface area contributed by atoms with Crippen LogP contribution in [0.25, 0.3) is 10.8 Å². The number of ketones is 1. The number of aliphatic hydroxyl groups is 1. The number of nitrogens with one attached hydrogen (secondary N) is 1. The molecule has 2 aromatic rings. The number of likely N-dealkylation sites (N-methyl/N-ethyl adjacent to an activating group) is 1. The SMILES string of the molecule is COC1C=COC2(C)Oc3c(C)c(O)c4c(O)c(c(C=NN5CCN(C)CC5)c(O)c4c3C2=O)NCC(C)=CC=CC2(C)OC(C(C)C(O)C(C)C(OC)C1C)C2C. The fourth-order valence-corrected chi connectivity index (χ4v) is 8.94. The number of allylic oxidation sites excluding steroid dienone is 2. The molecule has 0 saturated carbocycles. The van der Waals surface area contributed by atoms with Crippen molar-refractivity contribution in [2.24, 2.45) is 28.8 Å². The Balaban J connectivity index is 1.48. The molecule has 2 aromatic carbocycles. The van der Waals surface area contributed by atoms with Crippen molar-refractivity contribution in [3.63, 3.8) is 0 Å². The molecule has 7 aliphatic heterocycles. The van der Waals surface area contributed by atoms with Crippen LogP contribution >= 0.6 is 0 Å². The summed E-state index contributed by atoms with van der Waals surface area (Å²) in [6.07, 6.45) is 8.44. The van der Waals surface area contributed by atoms with Crippen molar-refractivity contribution in [3.8, 4) is 23.0 Å². The van der Waals surface area contributed by atoms with Crippen molar-refractivity contribution >= 4 is 28.5 Å². The number of nitrogens with zero attached hydrogens (tertiary/aromatic N) is 3. The molecule has 2 saturated heterocycles. The van der Waals surface area contributed by atoms with Crippen LogP contribution in [0, 0.1) is 30.6 Å². The Bertz CT molecular complexity index is 2010. The number of anilines is 1. The second-order valence-electron chi connectivity index (χ2n) is 17.0. The number of methoxy groups -OCH3 is 2. The summed E-state index contributed by atoms with van der Waals surface area (Å²) in [7, 11) is 5.21. The Morgan fingerprint density at radius 1 is 0.948 bits per heavy atom. The quantitative estimate of drug-likeness (QED) is 0.145. The predicted molar refractivity (Wildman–Crippen MR) is 223 cm³/mol. The molecule has 0 aliphatic carbocycles. The van der Waals surface area contributed by atoms with Gasteiger partial charge in [-0.1, -0.05) is 51.5 Å². The smallest absolute Gasteiger partial charge is 0.312 e. The maximum absolute atomic E-state index is 14.5. The van der Waals surface area contributed by atoms with E-state index in [4.69, 9.17) is 23.7 Å². The van der Waals surface area contributed by atoms with E-state index in [1.165, 1.54) is 19.4 Å². The first-order chi connectivity index (χ1) is 27.4. The summed E-state index contributed by atoms with van der Waals surface area (Å²) in [6, 6.07) is 0. The number of aliphatic hydroxyl groups excluding tert-OH is 1. The summed E-state index contributed by atoms with van der Waals surface area (Å²) in [5.41, 5.74) is 0.745. The highest BCUT2D eigenvalue weighted by atomic mass is 16.7. The Morgan fingerprint density at radius 3 is 2.28 bits per heavy atom. The zero-order valence-corrected chi connectivity index (χ0v) is 35.7. The number of hydrogen-bond acceptors (Lipinski definition) is 14. The molecule has 0 aromatic heterocycles. The third-order valence-corrected chi connectivity index (χ3v) is 13.1. The van der Waals surface area contributed by atoms with Gasteiger partial charge in [-0.05, 0) is 33.9 Å². The molecule has 5 N–H and O–H groups in total. The molecule has 2 fully saturated rings. The van der Waals surface area contributed by atoms with Gasteiger partial charge in [-0.25, -0.2) is 0 Å². The first-order valence-electron chi connectivity index (χ1n) is 20.2. The van der Waals surface area contributed by atoms with E-state index < -0.39 is 35.5 Å². The zero-order valence-electron chi connectivity index (χ0n) is 35.7. The maximum Gasteiger partial charge on any atom is 0.312 e. The van der Waals surface area contributed by atoms with Crippen molar-refractivity contribution in [1.82, 2.24) is 9.91 Å². The van der Waals surface area contributed by atoms with E-state index in [9.17, 15) is 25.2 Å². The molecule has 58 heavy (non-hydrogen) atoms. The molecular formula is C44H62N4O10. The van der Waals surface area contributed by atoms with E-state index in [-0.39, 0.29) is 92.5 Å². The van der Waals surface area contributed by atoms with Gasteiger partial charge in [0.25, 0.3) is 5.78 Å². The van der Waals surface area contributed by atoms with Crippen LogP contribution < -0.4 is 10.1 Å². The third-order valence-electron chi connectivity index (χ3n) is 13.1. The standard InChI is InChI=1S/C44H62N4O10/c1-23-13-12-15-43(7)28(6)40(57-43)26(4)35(49)25(3)39(55-11)24(2)30(54-10)14-20-56-44(8)42(53)33-31-32(36(50)27(5)41(33)58-44)38(52)34(45-21-23)29(37(31)51)22-46-48-18-16-47(9)17-19-48/h12-15,20,22,24-26,28,30,35,39-40,45,49-52H,16-19,21H2,1-11H3. The van der Waals surface area contributed by atoms with Crippen LogP contribution in [0.1, 0.15) is 70.0 Å². The monoisotopic (exact) mass is 806 g/mol. The minimum atomic E-state index is -1.91. The number of carbonyl (C=O) groups excluding carboxylic acids is 1. The van der Waals surface area contributed by atoms with Crippen LogP contribution in [0.5, 0.6) is 23.0 Å². The van der Waals surface area contributed by atoms with Gasteiger partial charge in [-0.2, -0.15) is 5.10 Å². The average Bonchev–Trinajstić information content (AvgIpc) is 3.46. The van der Waals surface area contributed by atoms with E-state index in [1.807, 2.05) is 64.9 Å². The summed E-state index contributed by atoms with van der Waals surface area (Å²) in [5, 5.41) is 57.1. The van der Waals surface area contributed by atoms with Crippen LogP contribution in [-0.4, -0.2) is 132 Å². The minimum absolute atomic E-state index is 0.0216. The fraction of sp³-hybridized carbons (Fsp3) is 0.591. The third kappa shape index (κ3) is 7.65. The van der Waals surface area contributed by atoms with E-state index in [0.717, 1.165) is 18.7 Å². The Morgan fingerprint density at radius 2 is 1.64 bits per heavy atom. The molecule has 14 heteroatoms. The topological polar surface area (TPSA) is 175 Å². The molecular weight excluding hydrogens is 745 g/mol. The second-order valence-corrected chi connectivity index (χ2v) is 17.0. The summed E-state index contributed by atoms with van der Waals surface area (Å²) < 4.78 is 30.6. The molecule has 0 amide bonds. The summed E-state index contributed by atoms with van der Waals surface area (Å²) in [4.78, 5) is 16.6. The molecule has 0 spiro atoms. The van der Waals surface area contributed by atoms with Gasteiger partial charge in [0, 0.05) is 88.5 Å². The fourth-order valence-electron chi connectivity index (χ4n) is 8.94. The van der Waals surface area contributed by atoms with Gasteiger partial charge < -0.3 is 54.3 Å². The van der Waals surface area contributed by atoms with Gasteiger partial charge in [0.1, 0.15) is 17.2 Å². The average molecular weight is 807 g/mol. The first-order valence-corrected chi connectivity index (χ1v) is 20.2. The summed E-state index contributed by atoms with van der Waals surface area (Å²) in [6.45, 7) is 18.2. The highest BCUT2D eigenvalue weighted by Crippen LogP contribution is 2.55. The number of Topliss-reactive ketones (excluding diaryl/α,β-unsaturated/α-hetero) is 1. The van der Waals surface area contributed by atoms with E-state index >= 15 is 0 Å².